The van der Waals surface area contributed by atoms with Gasteiger partial charge in [-0.25, -0.2) is 13.8 Å². The van der Waals surface area contributed by atoms with Crippen molar-refractivity contribution in [2.45, 2.75) is 31.7 Å². The minimum Gasteiger partial charge on any atom is -0.441 e. The van der Waals surface area contributed by atoms with Crippen LogP contribution in [0.25, 0.3) is 11.3 Å². The van der Waals surface area contributed by atoms with Crippen LogP contribution in [0.5, 0.6) is 0 Å². The molecule has 150 valence electrons. The van der Waals surface area contributed by atoms with Gasteiger partial charge in [0, 0.05) is 32.0 Å². The fourth-order valence-corrected chi connectivity index (χ4v) is 3.03. The molecule has 5 nitrogen and oxygen atoms in total. The Morgan fingerprint density at radius 1 is 1.30 bits per heavy atom. The van der Waals surface area contributed by atoms with Crippen molar-refractivity contribution < 1.29 is 18.0 Å². The molecule has 3 rings (SSSR count). The number of aryl methyl sites for hydroxylation is 1. The SMILES string of the molecule is CN(C(=O)CCc1ncc(-c2ccc(F)cc2F)o1)C1CCNCC1.Cl.Cl. The fraction of sp³-hybridized carbons (Fsp3) is 0.444. The Balaban J connectivity index is 0.00000182. The highest BCUT2D eigenvalue weighted by molar-refractivity contribution is 5.85. The number of piperidine rings is 1. The molecule has 0 radical (unpaired) electrons. The summed E-state index contributed by atoms with van der Waals surface area (Å²) < 4.78 is 32.3. The van der Waals surface area contributed by atoms with Crippen LogP contribution in [0.4, 0.5) is 8.78 Å². The first-order valence-corrected chi connectivity index (χ1v) is 8.41. The highest BCUT2D eigenvalue weighted by atomic mass is 35.5. The van der Waals surface area contributed by atoms with Crippen LogP contribution in [0.3, 0.4) is 0 Å². The van der Waals surface area contributed by atoms with Crippen LogP contribution in [-0.2, 0) is 11.2 Å². The number of oxazole rings is 1. The van der Waals surface area contributed by atoms with E-state index in [1.165, 1.54) is 12.3 Å². The van der Waals surface area contributed by atoms with Gasteiger partial charge in [0.25, 0.3) is 0 Å². The molecule has 1 aliphatic rings. The van der Waals surface area contributed by atoms with Crippen LogP contribution in [0.15, 0.2) is 28.8 Å². The van der Waals surface area contributed by atoms with E-state index in [9.17, 15) is 13.6 Å². The van der Waals surface area contributed by atoms with Gasteiger partial charge in [-0.1, -0.05) is 0 Å². The van der Waals surface area contributed by atoms with Gasteiger partial charge in [-0.15, -0.1) is 24.8 Å². The lowest BCUT2D eigenvalue weighted by Crippen LogP contribution is -2.44. The number of rotatable bonds is 5. The largest absolute Gasteiger partial charge is 0.441 e. The molecule has 2 aromatic rings. The zero-order valence-electron chi connectivity index (χ0n) is 14.9. The van der Waals surface area contributed by atoms with Gasteiger partial charge < -0.3 is 14.6 Å². The molecule has 2 heterocycles. The topological polar surface area (TPSA) is 58.4 Å². The Morgan fingerprint density at radius 3 is 2.67 bits per heavy atom. The summed E-state index contributed by atoms with van der Waals surface area (Å²) in [6.07, 6.45) is 3.93. The third-order valence-corrected chi connectivity index (χ3v) is 4.55. The van der Waals surface area contributed by atoms with E-state index in [-0.39, 0.29) is 54.5 Å². The van der Waals surface area contributed by atoms with E-state index in [1.807, 2.05) is 7.05 Å². The first-order valence-electron chi connectivity index (χ1n) is 8.41. The maximum Gasteiger partial charge on any atom is 0.223 e. The highest BCUT2D eigenvalue weighted by Gasteiger charge is 2.22. The molecule has 0 spiro atoms. The van der Waals surface area contributed by atoms with Gasteiger partial charge in [0.2, 0.25) is 5.91 Å². The number of nitrogens with zero attached hydrogens (tertiary/aromatic N) is 2. The molecule has 27 heavy (non-hydrogen) atoms. The zero-order chi connectivity index (χ0) is 17.8. The second-order valence-electron chi connectivity index (χ2n) is 6.23. The van der Waals surface area contributed by atoms with Crippen LogP contribution in [0.1, 0.15) is 25.2 Å². The molecule has 1 saturated heterocycles. The Morgan fingerprint density at radius 2 is 2.00 bits per heavy atom. The van der Waals surface area contributed by atoms with Gasteiger partial charge >= 0.3 is 0 Å². The van der Waals surface area contributed by atoms with Gasteiger partial charge in [-0.3, -0.25) is 4.79 Å². The van der Waals surface area contributed by atoms with E-state index in [4.69, 9.17) is 4.42 Å². The standard InChI is InChI=1S/C18H21F2N3O2.2ClH/c1-23(13-6-8-21-9-7-13)18(24)5-4-17-22-11-16(25-17)14-3-2-12(19)10-15(14)20;;/h2-3,10-11,13,21H,4-9H2,1H3;2*1H. The fourth-order valence-electron chi connectivity index (χ4n) is 3.03. The van der Waals surface area contributed by atoms with Gasteiger partial charge in [0.05, 0.1) is 11.8 Å². The summed E-state index contributed by atoms with van der Waals surface area (Å²) in [6.45, 7) is 1.85. The van der Waals surface area contributed by atoms with Crippen LogP contribution >= 0.6 is 24.8 Å². The van der Waals surface area contributed by atoms with Crippen LogP contribution in [-0.4, -0.2) is 42.0 Å². The molecule has 0 bridgehead atoms. The summed E-state index contributed by atoms with van der Waals surface area (Å²) in [5, 5.41) is 3.28. The molecule has 0 atom stereocenters. The average Bonchev–Trinajstić information content (AvgIpc) is 3.08. The molecule has 1 fully saturated rings. The lowest BCUT2D eigenvalue weighted by atomic mass is 10.0. The normalized spacial score (nSPS) is 14.2. The molecular formula is C18H23Cl2F2N3O2. The summed E-state index contributed by atoms with van der Waals surface area (Å²) in [4.78, 5) is 18.2. The summed E-state index contributed by atoms with van der Waals surface area (Å²) >= 11 is 0. The Hall–Kier alpha value is -1.70. The van der Waals surface area contributed by atoms with E-state index in [1.54, 1.807) is 4.90 Å². The van der Waals surface area contributed by atoms with Gasteiger partial charge in [-0.05, 0) is 38.1 Å². The van der Waals surface area contributed by atoms with Gasteiger partial charge in [0.15, 0.2) is 11.7 Å². The summed E-state index contributed by atoms with van der Waals surface area (Å²) in [5.74, 6) is -0.714. The van der Waals surface area contributed by atoms with Crippen molar-refractivity contribution in [3.63, 3.8) is 0 Å². The molecular weight excluding hydrogens is 399 g/mol. The van der Waals surface area contributed by atoms with E-state index in [2.05, 4.69) is 10.3 Å². The lowest BCUT2D eigenvalue weighted by Gasteiger charge is -2.31. The van der Waals surface area contributed by atoms with Gasteiger partial charge in [-0.2, -0.15) is 0 Å². The Bertz CT molecular complexity index is 752. The molecule has 1 aromatic carbocycles. The molecule has 1 aromatic heterocycles. The maximum atomic E-state index is 13.8. The monoisotopic (exact) mass is 421 g/mol. The maximum absolute atomic E-state index is 13.8. The van der Waals surface area contributed by atoms with E-state index in [0.29, 0.717) is 12.3 Å². The minimum absolute atomic E-state index is 0. The van der Waals surface area contributed by atoms with E-state index >= 15 is 0 Å². The predicted octanol–water partition coefficient (Wildman–Crippen LogP) is 3.61. The van der Waals surface area contributed by atoms with E-state index < -0.39 is 11.6 Å². The number of hydrogen-bond acceptors (Lipinski definition) is 4. The van der Waals surface area contributed by atoms with Crippen molar-refractivity contribution in [3.05, 3.63) is 41.9 Å². The zero-order valence-corrected chi connectivity index (χ0v) is 16.5. The molecule has 1 aliphatic heterocycles. The van der Waals surface area contributed by atoms with Crippen molar-refractivity contribution in [1.29, 1.82) is 0 Å². The number of hydrogen-bond donors (Lipinski definition) is 1. The summed E-state index contributed by atoms with van der Waals surface area (Å²) in [7, 11) is 1.83. The molecule has 0 unspecified atom stereocenters. The number of carbonyl (C=O) groups excluding carboxylic acids is 1. The first kappa shape index (κ1) is 23.3. The third-order valence-electron chi connectivity index (χ3n) is 4.55. The summed E-state index contributed by atoms with van der Waals surface area (Å²) in [5.41, 5.74) is 0.151. The van der Waals surface area contributed by atoms with Gasteiger partial charge in [0.1, 0.15) is 11.6 Å². The predicted molar refractivity (Wildman–Crippen MR) is 103 cm³/mol. The number of nitrogens with one attached hydrogen (secondary N) is 1. The van der Waals surface area contributed by atoms with Crippen molar-refractivity contribution in [2.24, 2.45) is 0 Å². The lowest BCUT2D eigenvalue weighted by molar-refractivity contribution is -0.132. The number of carbonyl (C=O) groups is 1. The van der Waals surface area contributed by atoms with Crippen molar-refractivity contribution in [2.75, 3.05) is 20.1 Å². The first-order chi connectivity index (χ1) is 12.0. The van der Waals surface area contributed by atoms with Crippen LogP contribution < -0.4 is 5.32 Å². The third kappa shape index (κ3) is 5.89. The second kappa shape index (κ2) is 10.6. The molecule has 1 amide bonds. The van der Waals surface area contributed by atoms with E-state index in [0.717, 1.165) is 38.1 Å². The Labute approximate surface area is 169 Å². The Kier molecular flexibility index (Phi) is 9.15. The summed E-state index contributed by atoms with van der Waals surface area (Å²) in [6, 6.07) is 3.54. The average molecular weight is 422 g/mol. The number of halogens is 4. The smallest absolute Gasteiger partial charge is 0.223 e. The number of amides is 1. The number of benzene rings is 1. The second-order valence-corrected chi connectivity index (χ2v) is 6.23. The highest BCUT2D eigenvalue weighted by Crippen LogP contribution is 2.24. The van der Waals surface area contributed by atoms with Crippen molar-refractivity contribution in [3.8, 4) is 11.3 Å². The number of aromatic nitrogens is 1. The van der Waals surface area contributed by atoms with Crippen molar-refractivity contribution >= 4 is 30.7 Å². The van der Waals surface area contributed by atoms with Crippen LogP contribution in [0, 0.1) is 11.6 Å². The molecule has 0 aliphatic carbocycles. The quantitative estimate of drug-likeness (QED) is 0.800. The van der Waals surface area contributed by atoms with Crippen LogP contribution in [0.2, 0.25) is 0 Å². The molecule has 1 N–H and O–H groups in total. The van der Waals surface area contributed by atoms with Crippen molar-refractivity contribution in [1.82, 2.24) is 15.2 Å². The molecule has 9 heteroatoms. The minimum atomic E-state index is -0.704. The molecule has 0 saturated carbocycles.